The van der Waals surface area contributed by atoms with Crippen LogP contribution in [0.15, 0.2) is 48.5 Å². The topological polar surface area (TPSA) is 71.5 Å². The third-order valence-electron chi connectivity index (χ3n) is 4.40. The summed E-state index contributed by atoms with van der Waals surface area (Å²) in [5.74, 6) is 2.89. The lowest BCUT2D eigenvalue weighted by Gasteiger charge is -2.13. The van der Waals surface area contributed by atoms with Crippen LogP contribution < -0.4 is 25.0 Å². The van der Waals surface area contributed by atoms with Crippen LogP contribution in [-0.4, -0.2) is 30.9 Å². The Balaban J connectivity index is 1.44. The van der Waals surface area contributed by atoms with Crippen LogP contribution in [-0.2, 0) is 6.54 Å². The minimum absolute atomic E-state index is 0.280. The van der Waals surface area contributed by atoms with E-state index in [1.807, 2.05) is 57.4 Å². The van der Waals surface area contributed by atoms with Gasteiger partial charge in [-0.15, -0.1) is 0 Å². The van der Waals surface area contributed by atoms with Crippen LogP contribution in [0.5, 0.6) is 11.5 Å². The lowest BCUT2D eigenvalue weighted by Crippen LogP contribution is -2.08. The van der Waals surface area contributed by atoms with Gasteiger partial charge >= 0.3 is 0 Å². The molecule has 1 aliphatic rings. The Hall–Kier alpha value is -3.48. The summed E-state index contributed by atoms with van der Waals surface area (Å²) < 4.78 is 10.8. The maximum Gasteiger partial charge on any atom is 0.231 e. The molecule has 2 N–H and O–H groups in total. The van der Waals surface area contributed by atoms with E-state index >= 15 is 0 Å². The molecule has 0 bridgehead atoms. The molecule has 28 heavy (non-hydrogen) atoms. The number of rotatable bonds is 6. The van der Waals surface area contributed by atoms with Crippen molar-refractivity contribution >= 4 is 23.1 Å². The van der Waals surface area contributed by atoms with Crippen molar-refractivity contribution in [2.45, 2.75) is 13.5 Å². The summed E-state index contributed by atoms with van der Waals surface area (Å²) in [7, 11) is 4.04. The molecule has 0 atom stereocenters. The van der Waals surface area contributed by atoms with Crippen LogP contribution in [0.2, 0.25) is 0 Å². The monoisotopic (exact) mass is 377 g/mol. The average Bonchev–Trinajstić information content (AvgIpc) is 3.14. The maximum atomic E-state index is 5.43. The number of aromatic nitrogens is 2. The summed E-state index contributed by atoms with van der Waals surface area (Å²) in [6, 6.07) is 16.0. The highest BCUT2D eigenvalue weighted by Gasteiger charge is 2.13. The fourth-order valence-electron chi connectivity index (χ4n) is 2.93. The first-order valence-electron chi connectivity index (χ1n) is 9.09. The van der Waals surface area contributed by atoms with E-state index in [0.29, 0.717) is 12.5 Å². The predicted octanol–water partition coefficient (Wildman–Crippen LogP) is 3.94. The number of anilines is 4. The first-order valence-corrected chi connectivity index (χ1v) is 9.09. The van der Waals surface area contributed by atoms with Crippen molar-refractivity contribution in [1.29, 1.82) is 0 Å². The van der Waals surface area contributed by atoms with Gasteiger partial charge in [-0.25, -0.2) is 4.98 Å². The summed E-state index contributed by atoms with van der Waals surface area (Å²) in [5.41, 5.74) is 4.06. The standard InChI is InChI=1S/C21H23N5O2/c1-14-10-20(22-12-15-4-9-18-19(11-15)28-13-27-18)25-21(23-14)24-16-5-7-17(8-6-16)26(2)3/h4-11H,12-13H2,1-3H3,(H2,22,23,24,25). The van der Waals surface area contributed by atoms with Gasteiger partial charge in [0.15, 0.2) is 11.5 Å². The number of nitrogens with one attached hydrogen (secondary N) is 2. The highest BCUT2D eigenvalue weighted by atomic mass is 16.7. The molecule has 0 aliphatic carbocycles. The van der Waals surface area contributed by atoms with Crippen LogP contribution in [0, 0.1) is 6.92 Å². The van der Waals surface area contributed by atoms with Crippen molar-refractivity contribution in [3.05, 3.63) is 59.8 Å². The number of hydrogen-bond acceptors (Lipinski definition) is 7. The normalized spacial score (nSPS) is 12.0. The third kappa shape index (κ3) is 4.09. The molecule has 0 spiro atoms. The summed E-state index contributed by atoms with van der Waals surface area (Å²) in [4.78, 5) is 11.1. The lowest BCUT2D eigenvalue weighted by atomic mass is 10.2. The van der Waals surface area contributed by atoms with Crippen LogP contribution >= 0.6 is 0 Å². The first kappa shape index (κ1) is 17.9. The van der Waals surface area contributed by atoms with Gasteiger partial charge < -0.3 is 25.0 Å². The second kappa shape index (κ2) is 7.64. The van der Waals surface area contributed by atoms with Crippen LogP contribution in [0.4, 0.5) is 23.1 Å². The zero-order chi connectivity index (χ0) is 19.5. The Kier molecular flexibility index (Phi) is 4.89. The first-order chi connectivity index (χ1) is 13.6. The van der Waals surface area contributed by atoms with Crippen molar-refractivity contribution in [3.8, 4) is 11.5 Å². The molecule has 2 aromatic carbocycles. The van der Waals surface area contributed by atoms with Crippen LogP contribution in [0.25, 0.3) is 0 Å². The van der Waals surface area contributed by atoms with E-state index in [1.54, 1.807) is 0 Å². The van der Waals surface area contributed by atoms with Crippen molar-refractivity contribution in [2.75, 3.05) is 36.4 Å². The fraction of sp³-hybridized carbons (Fsp3) is 0.238. The molecule has 2 heterocycles. The molecule has 0 amide bonds. The number of ether oxygens (including phenoxy) is 2. The van der Waals surface area contributed by atoms with Gasteiger partial charge in [0, 0.05) is 43.8 Å². The zero-order valence-corrected chi connectivity index (χ0v) is 16.2. The van der Waals surface area contributed by atoms with E-state index in [1.165, 1.54) is 0 Å². The van der Waals surface area contributed by atoms with Gasteiger partial charge in [0.25, 0.3) is 0 Å². The largest absolute Gasteiger partial charge is 0.454 e. The van der Waals surface area contributed by atoms with Gasteiger partial charge in [-0.1, -0.05) is 6.07 Å². The van der Waals surface area contributed by atoms with E-state index in [0.717, 1.165) is 39.9 Å². The Labute approximate surface area is 164 Å². The lowest BCUT2D eigenvalue weighted by molar-refractivity contribution is 0.174. The Morgan fingerprint density at radius 2 is 1.75 bits per heavy atom. The van der Waals surface area contributed by atoms with Gasteiger partial charge in [-0.2, -0.15) is 4.98 Å². The molecule has 0 radical (unpaired) electrons. The average molecular weight is 377 g/mol. The van der Waals surface area contributed by atoms with Crippen molar-refractivity contribution in [1.82, 2.24) is 9.97 Å². The minimum atomic E-state index is 0.280. The Bertz CT molecular complexity index is 973. The second-order valence-corrected chi connectivity index (χ2v) is 6.83. The predicted molar refractivity (Wildman–Crippen MR) is 111 cm³/mol. The molecule has 0 saturated heterocycles. The summed E-state index contributed by atoms with van der Waals surface area (Å²) in [6.45, 7) is 2.86. The van der Waals surface area contributed by atoms with E-state index < -0.39 is 0 Å². The molecule has 0 unspecified atom stereocenters. The summed E-state index contributed by atoms with van der Waals surface area (Å²) in [5, 5.41) is 6.62. The highest BCUT2D eigenvalue weighted by Crippen LogP contribution is 2.32. The molecule has 4 rings (SSSR count). The smallest absolute Gasteiger partial charge is 0.231 e. The van der Waals surface area contributed by atoms with Crippen LogP contribution in [0.1, 0.15) is 11.3 Å². The SMILES string of the molecule is Cc1cc(NCc2ccc3c(c2)OCO3)nc(Nc2ccc(N(C)C)cc2)n1. The highest BCUT2D eigenvalue weighted by molar-refractivity contribution is 5.60. The van der Waals surface area contributed by atoms with Crippen molar-refractivity contribution < 1.29 is 9.47 Å². The molecule has 1 aliphatic heterocycles. The summed E-state index contributed by atoms with van der Waals surface area (Å²) >= 11 is 0. The number of aryl methyl sites for hydroxylation is 1. The minimum Gasteiger partial charge on any atom is -0.454 e. The Morgan fingerprint density at radius 1 is 0.964 bits per heavy atom. The second-order valence-electron chi connectivity index (χ2n) is 6.83. The van der Waals surface area contributed by atoms with E-state index in [2.05, 4.69) is 37.6 Å². The molecule has 144 valence electrons. The van der Waals surface area contributed by atoms with Crippen molar-refractivity contribution in [2.24, 2.45) is 0 Å². The van der Waals surface area contributed by atoms with Crippen LogP contribution in [0.3, 0.4) is 0 Å². The zero-order valence-electron chi connectivity index (χ0n) is 16.2. The van der Waals surface area contributed by atoms with Gasteiger partial charge in [0.2, 0.25) is 12.7 Å². The third-order valence-corrected chi connectivity index (χ3v) is 4.40. The summed E-state index contributed by atoms with van der Waals surface area (Å²) in [6.07, 6.45) is 0. The molecular formula is C21H23N5O2. The molecular weight excluding hydrogens is 354 g/mol. The van der Waals surface area contributed by atoms with Gasteiger partial charge in [-0.3, -0.25) is 0 Å². The van der Waals surface area contributed by atoms with Gasteiger partial charge in [-0.05, 0) is 48.9 Å². The Morgan fingerprint density at radius 3 is 2.54 bits per heavy atom. The molecule has 0 fully saturated rings. The number of nitrogens with zero attached hydrogens (tertiary/aromatic N) is 3. The molecule has 3 aromatic rings. The van der Waals surface area contributed by atoms with E-state index in [9.17, 15) is 0 Å². The fourth-order valence-corrected chi connectivity index (χ4v) is 2.93. The molecule has 7 nitrogen and oxygen atoms in total. The maximum absolute atomic E-state index is 5.43. The van der Waals surface area contributed by atoms with Gasteiger partial charge in [0.05, 0.1) is 0 Å². The number of fused-ring (bicyclic) bond motifs is 1. The molecule has 1 aromatic heterocycles. The van der Waals surface area contributed by atoms with E-state index in [4.69, 9.17) is 9.47 Å². The van der Waals surface area contributed by atoms with Crippen molar-refractivity contribution in [3.63, 3.8) is 0 Å². The molecule has 7 heteroatoms. The van der Waals surface area contributed by atoms with Gasteiger partial charge in [0.1, 0.15) is 5.82 Å². The number of hydrogen-bond donors (Lipinski definition) is 2. The quantitative estimate of drug-likeness (QED) is 0.674. The number of benzene rings is 2. The van der Waals surface area contributed by atoms with E-state index in [-0.39, 0.29) is 6.79 Å². The molecule has 0 saturated carbocycles.